The highest BCUT2D eigenvalue weighted by atomic mass is 79.9. The van der Waals surface area contributed by atoms with Crippen LogP contribution < -0.4 is 4.72 Å². The molecule has 2 N–H and O–H groups in total. The SMILES string of the molecule is O=S(=O)(Nc1n[nH]c2ccccc12)c1ccc(Br)c(F)c1. The zero-order valence-electron chi connectivity index (χ0n) is 10.5. The van der Waals surface area contributed by atoms with Gasteiger partial charge in [-0.2, -0.15) is 5.10 Å². The summed E-state index contributed by atoms with van der Waals surface area (Å²) in [5, 5.41) is 7.29. The summed E-state index contributed by atoms with van der Waals surface area (Å²) in [5.74, 6) is -0.473. The van der Waals surface area contributed by atoms with Gasteiger partial charge in [0, 0.05) is 5.39 Å². The van der Waals surface area contributed by atoms with Gasteiger partial charge in [0.15, 0.2) is 5.82 Å². The number of hydrogen-bond acceptors (Lipinski definition) is 3. The second kappa shape index (κ2) is 5.12. The molecule has 0 amide bonds. The largest absolute Gasteiger partial charge is 0.276 e. The van der Waals surface area contributed by atoms with E-state index in [1.807, 2.05) is 6.07 Å². The third-order valence-electron chi connectivity index (χ3n) is 2.90. The lowest BCUT2D eigenvalue weighted by atomic mass is 10.2. The summed E-state index contributed by atoms with van der Waals surface area (Å²) in [4.78, 5) is -0.171. The summed E-state index contributed by atoms with van der Waals surface area (Å²) in [6.45, 7) is 0. The van der Waals surface area contributed by atoms with E-state index in [4.69, 9.17) is 0 Å². The third kappa shape index (κ3) is 2.64. The number of anilines is 1. The molecule has 0 atom stereocenters. The average Bonchev–Trinajstić information content (AvgIpc) is 2.85. The van der Waals surface area contributed by atoms with Crippen LogP contribution in [-0.4, -0.2) is 18.6 Å². The van der Waals surface area contributed by atoms with E-state index in [0.29, 0.717) is 10.9 Å². The van der Waals surface area contributed by atoms with E-state index in [0.717, 1.165) is 6.07 Å². The summed E-state index contributed by atoms with van der Waals surface area (Å²) in [6.07, 6.45) is 0. The normalized spacial score (nSPS) is 11.7. The van der Waals surface area contributed by atoms with E-state index in [-0.39, 0.29) is 15.2 Å². The number of halogens is 2. The lowest BCUT2D eigenvalue weighted by Crippen LogP contribution is -2.13. The summed E-state index contributed by atoms with van der Waals surface area (Å²) in [7, 11) is -3.91. The highest BCUT2D eigenvalue weighted by molar-refractivity contribution is 9.10. The maximum Gasteiger partial charge on any atom is 0.263 e. The van der Waals surface area contributed by atoms with Crippen LogP contribution in [0.25, 0.3) is 10.9 Å². The predicted molar refractivity (Wildman–Crippen MR) is 81.0 cm³/mol. The first-order chi connectivity index (χ1) is 9.97. The van der Waals surface area contributed by atoms with Gasteiger partial charge < -0.3 is 0 Å². The molecule has 0 aliphatic carbocycles. The Morgan fingerprint density at radius 2 is 1.95 bits per heavy atom. The molecule has 3 rings (SSSR count). The fourth-order valence-electron chi connectivity index (χ4n) is 1.87. The smallest absolute Gasteiger partial charge is 0.263 e. The van der Waals surface area contributed by atoms with Crippen LogP contribution in [0.1, 0.15) is 0 Å². The molecule has 2 aromatic carbocycles. The molecule has 0 fully saturated rings. The monoisotopic (exact) mass is 369 g/mol. The number of para-hydroxylation sites is 1. The van der Waals surface area contributed by atoms with Crippen LogP contribution in [0.5, 0.6) is 0 Å². The van der Waals surface area contributed by atoms with Gasteiger partial charge in [-0.25, -0.2) is 12.8 Å². The van der Waals surface area contributed by atoms with Crippen LogP contribution in [0, 0.1) is 5.82 Å². The van der Waals surface area contributed by atoms with Crippen molar-refractivity contribution in [3.05, 3.63) is 52.8 Å². The number of sulfonamides is 1. The summed E-state index contributed by atoms with van der Waals surface area (Å²) in [6, 6.07) is 10.7. The van der Waals surface area contributed by atoms with Gasteiger partial charge in [0.05, 0.1) is 14.9 Å². The van der Waals surface area contributed by atoms with Crippen molar-refractivity contribution in [3.8, 4) is 0 Å². The molecule has 1 heterocycles. The van der Waals surface area contributed by atoms with Crippen LogP contribution >= 0.6 is 15.9 Å². The van der Waals surface area contributed by atoms with Gasteiger partial charge >= 0.3 is 0 Å². The minimum absolute atomic E-state index is 0.171. The second-order valence-corrected chi connectivity index (χ2v) is 6.84. The van der Waals surface area contributed by atoms with Crippen LogP contribution in [0.2, 0.25) is 0 Å². The molecule has 8 heteroatoms. The minimum Gasteiger partial charge on any atom is -0.276 e. The second-order valence-electron chi connectivity index (χ2n) is 4.30. The van der Waals surface area contributed by atoms with Gasteiger partial charge in [0.1, 0.15) is 5.82 Å². The number of fused-ring (bicyclic) bond motifs is 1. The molecule has 108 valence electrons. The number of hydrogen-bond donors (Lipinski definition) is 2. The van der Waals surface area contributed by atoms with Gasteiger partial charge in [-0.3, -0.25) is 9.82 Å². The molecule has 0 saturated carbocycles. The number of H-pyrrole nitrogens is 1. The molecular formula is C13H9BrFN3O2S. The number of nitrogens with one attached hydrogen (secondary N) is 2. The predicted octanol–water partition coefficient (Wildman–Crippen LogP) is 3.27. The van der Waals surface area contributed by atoms with Crippen molar-refractivity contribution in [1.82, 2.24) is 10.2 Å². The summed E-state index contributed by atoms with van der Waals surface area (Å²) >= 11 is 2.98. The van der Waals surface area contributed by atoms with Gasteiger partial charge in [-0.15, -0.1) is 0 Å². The Bertz CT molecular complexity index is 924. The first-order valence-electron chi connectivity index (χ1n) is 5.88. The zero-order valence-corrected chi connectivity index (χ0v) is 12.9. The van der Waals surface area contributed by atoms with Gasteiger partial charge in [-0.05, 0) is 46.3 Å². The lowest BCUT2D eigenvalue weighted by molar-refractivity contribution is 0.593. The average molecular weight is 370 g/mol. The Labute approximate surface area is 128 Å². The van der Waals surface area contributed by atoms with E-state index < -0.39 is 15.8 Å². The summed E-state index contributed by atoms with van der Waals surface area (Å²) < 4.78 is 40.6. The maximum atomic E-state index is 13.5. The van der Waals surface area contributed by atoms with Gasteiger partial charge in [0.2, 0.25) is 0 Å². The molecule has 21 heavy (non-hydrogen) atoms. The van der Waals surface area contributed by atoms with Gasteiger partial charge in [-0.1, -0.05) is 12.1 Å². The molecule has 0 radical (unpaired) electrons. The van der Waals surface area contributed by atoms with Crippen molar-refractivity contribution in [1.29, 1.82) is 0 Å². The first-order valence-corrected chi connectivity index (χ1v) is 8.16. The molecule has 0 saturated heterocycles. The molecule has 0 aliphatic rings. The molecule has 0 bridgehead atoms. The number of rotatable bonds is 3. The highest BCUT2D eigenvalue weighted by Gasteiger charge is 2.18. The molecule has 5 nitrogen and oxygen atoms in total. The Hall–Kier alpha value is -1.93. The van der Waals surface area contributed by atoms with E-state index in [2.05, 4.69) is 30.8 Å². The Balaban J connectivity index is 2.01. The Morgan fingerprint density at radius 3 is 2.71 bits per heavy atom. The number of aromatic nitrogens is 2. The highest BCUT2D eigenvalue weighted by Crippen LogP contribution is 2.24. The molecule has 1 aromatic heterocycles. The first kappa shape index (κ1) is 14.0. The standard InChI is InChI=1S/C13H9BrFN3O2S/c14-10-6-5-8(7-11(10)15)21(19,20)18-13-9-3-1-2-4-12(9)16-17-13/h1-7H,(H2,16,17,18). The van der Waals surface area contributed by atoms with Gasteiger partial charge in [0.25, 0.3) is 10.0 Å². The van der Waals surface area contributed by atoms with E-state index in [9.17, 15) is 12.8 Å². The quantitative estimate of drug-likeness (QED) is 0.743. The topological polar surface area (TPSA) is 74.8 Å². The minimum atomic E-state index is -3.91. The lowest BCUT2D eigenvalue weighted by Gasteiger charge is -2.06. The van der Waals surface area contributed by atoms with Crippen LogP contribution in [-0.2, 0) is 10.0 Å². The van der Waals surface area contributed by atoms with Crippen molar-refractivity contribution in [2.45, 2.75) is 4.90 Å². The molecule has 3 aromatic rings. The van der Waals surface area contributed by atoms with Crippen molar-refractivity contribution >= 4 is 42.7 Å². The van der Waals surface area contributed by atoms with E-state index in [1.165, 1.54) is 12.1 Å². The molecule has 0 unspecified atom stereocenters. The Kier molecular flexibility index (Phi) is 3.42. The number of benzene rings is 2. The number of nitrogens with zero attached hydrogens (tertiary/aromatic N) is 1. The van der Waals surface area contributed by atoms with Crippen molar-refractivity contribution < 1.29 is 12.8 Å². The zero-order chi connectivity index (χ0) is 15.0. The maximum absolute atomic E-state index is 13.5. The molecular weight excluding hydrogens is 361 g/mol. The fourth-order valence-corrected chi connectivity index (χ4v) is 3.15. The van der Waals surface area contributed by atoms with Crippen LogP contribution in [0.15, 0.2) is 51.8 Å². The van der Waals surface area contributed by atoms with E-state index in [1.54, 1.807) is 18.2 Å². The van der Waals surface area contributed by atoms with Crippen molar-refractivity contribution in [2.24, 2.45) is 0 Å². The van der Waals surface area contributed by atoms with E-state index >= 15 is 0 Å². The molecule has 0 spiro atoms. The molecule has 0 aliphatic heterocycles. The van der Waals surface area contributed by atoms with Crippen LogP contribution in [0.4, 0.5) is 10.2 Å². The Morgan fingerprint density at radius 1 is 1.19 bits per heavy atom. The van der Waals surface area contributed by atoms with Crippen molar-refractivity contribution in [2.75, 3.05) is 4.72 Å². The van der Waals surface area contributed by atoms with Crippen LogP contribution in [0.3, 0.4) is 0 Å². The summed E-state index contributed by atoms with van der Waals surface area (Å²) in [5.41, 5.74) is 0.706. The van der Waals surface area contributed by atoms with Crippen molar-refractivity contribution in [3.63, 3.8) is 0 Å². The third-order valence-corrected chi connectivity index (χ3v) is 4.88. The number of aromatic amines is 1. The fraction of sp³-hybridized carbons (Fsp3) is 0.